The standard InChI is InChI=1S/C17H15F2NO5S/c1-11-2-5-13(6-3-11)26(23,24)20-9-17(22)25-10-16(21)12-4-7-14(18)15(19)8-12/h2-8,20H,9-10H2,1H3. The molecule has 0 bridgehead atoms. The first-order valence-corrected chi connectivity index (χ1v) is 8.87. The van der Waals surface area contributed by atoms with E-state index < -0.39 is 46.6 Å². The number of hydrogen-bond acceptors (Lipinski definition) is 5. The third kappa shape index (κ3) is 5.17. The molecule has 0 heterocycles. The van der Waals surface area contributed by atoms with E-state index in [1.165, 1.54) is 12.1 Å². The predicted molar refractivity (Wildman–Crippen MR) is 88.0 cm³/mol. The van der Waals surface area contributed by atoms with Crippen molar-refractivity contribution in [1.82, 2.24) is 4.72 Å². The Kier molecular flexibility index (Phi) is 6.17. The maximum absolute atomic E-state index is 13.1. The number of esters is 1. The molecule has 0 aliphatic heterocycles. The van der Waals surface area contributed by atoms with E-state index in [0.717, 1.165) is 17.7 Å². The molecule has 2 rings (SSSR count). The molecule has 9 heteroatoms. The summed E-state index contributed by atoms with van der Waals surface area (Å²) in [7, 11) is -3.90. The van der Waals surface area contributed by atoms with Gasteiger partial charge in [-0.05, 0) is 37.3 Å². The fourth-order valence-corrected chi connectivity index (χ4v) is 2.87. The van der Waals surface area contributed by atoms with Crippen molar-refractivity contribution in [1.29, 1.82) is 0 Å². The van der Waals surface area contributed by atoms with Crippen LogP contribution < -0.4 is 4.72 Å². The lowest BCUT2D eigenvalue weighted by molar-refractivity contribution is -0.141. The van der Waals surface area contributed by atoms with E-state index in [1.54, 1.807) is 19.1 Å². The quantitative estimate of drug-likeness (QED) is 0.583. The minimum Gasteiger partial charge on any atom is -0.456 e. The highest BCUT2D eigenvalue weighted by Gasteiger charge is 2.17. The number of carbonyl (C=O) groups is 2. The van der Waals surface area contributed by atoms with Crippen LogP contribution >= 0.6 is 0 Å². The smallest absolute Gasteiger partial charge is 0.321 e. The molecule has 0 aliphatic rings. The van der Waals surface area contributed by atoms with Gasteiger partial charge in [0.2, 0.25) is 10.0 Å². The molecule has 26 heavy (non-hydrogen) atoms. The molecule has 0 atom stereocenters. The van der Waals surface area contributed by atoms with Crippen LogP contribution in [0.2, 0.25) is 0 Å². The minimum absolute atomic E-state index is 0.0197. The molecular weight excluding hydrogens is 368 g/mol. The van der Waals surface area contributed by atoms with Gasteiger partial charge in [0, 0.05) is 5.56 Å². The van der Waals surface area contributed by atoms with E-state index in [1.807, 2.05) is 0 Å². The van der Waals surface area contributed by atoms with E-state index in [-0.39, 0.29) is 10.5 Å². The lowest BCUT2D eigenvalue weighted by Gasteiger charge is -2.08. The van der Waals surface area contributed by atoms with Gasteiger partial charge in [-0.3, -0.25) is 9.59 Å². The Labute approximate surface area is 148 Å². The van der Waals surface area contributed by atoms with Crippen LogP contribution in [0.4, 0.5) is 8.78 Å². The number of hydrogen-bond donors (Lipinski definition) is 1. The van der Waals surface area contributed by atoms with E-state index in [4.69, 9.17) is 0 Å². The molecule has 0 aliphatic carbocycles. The molecule has 0 spiro atoms. The van der Waals surface area contributed by atoms with Crippen LogP contribution in [0.3, 0.4) is 0 Å². The Bertz CT molecular complexity index is 927. The van der Waals surface area contributed by atoms with Gasteiger partial charge in [0.05, 0.1) is 4.90 Å². The number of halogens is 2. The van der Waals surface area contributed by atoms with Gasteiger partial charge < -0.3 is 4.74 Å². The van der Waals surface area contributed by atoms with Crippen molar-refractivity contribution >= 4 is 21.8 Å². The zero-order valence-corrected chi connectivity index (χ0v) is 14.5. The summed E-state index contributed by atoms with van der Waals surface area (Å²) in [6.07, 6.45) is 0. The Balaban J connectivity index is 1.87. The highest BCUT2D eigenvalue weighted by atomic mass is 32.2. The Hall–Kier alpha value is -2.65. The summed E-state index contributed by atoms with van der Waals surface area (Å²) >= 11 is 0. The third-order valence-corrected chi connectivity index (χ3v) is 4.76. The van der Waals surface area contributed by atoms with Crippen LogP contribution in [-0.2, 0) is 19.6 Å². The fraction of sp³-hybridized carbons (Fsp3) is 0.176. The van der Waals surface area contributed by atoms with Crippen LogP contribution in [0, 0.1) is 18.6 Å². The van der Waals surface area contributed by atoms with Crippen LogP contribution in [0.1, 0.15) is 15.9 Å². The second-order valence-corrected chi connectivity index (χ2v) is 7.12. The van der Waals surface area contributed by atoms with Crippen molar-refractivity contribution in [2.45, 2.75) is 11.8 Å². The number of aryl methyl sites for hydroxylation is 1. The molecule has 0 saturated carbocycles. The number of Topliss-reactive ketones (excluding diaryl/α,β-unsaturated/α-hetero) is 1. The van der Waals surface area contributed by atoms with Crippen molar-refractivity contribution in [3.8, 4) is 0 Å². The molecule has 0 amide bonds. The second-order valence-electron chi connectivity index (χ2n) is 5.35. The van der Waals surface area contributed by atoms with Crippen LogP contribution in [-0.4, -0.2) is 33.3 Å². The number of carbonyl (C=O) groups excluding carboxylic acids is 2. The molecular formula is C17H15F2NO5S. The van der Waals surface area contributed by atoms with Gasteiger partial charge in [-0.1, -0.05) is 17.7 Å². The Morgan fingerprint density at radius 1 is 1.04 bits per heavy atom. The highest BCUT2D eigenvalue weighted by molar-refractivity contribution is 7.89. The van der Waals surface area contributed by atoms with Crippen LogP contribution in [0.5, 0.6) is 0 Å². The summed E-state index contributed by atoms with van der Waals surface area (Å²) in [5, 5.41) is 0. The van der Waals surface area contributed by atoms with E-state index in [9.17, 15) is 26.8 Å². The maximum Gasteiger partial charge on any atom is 0.321 e. The fourth-order valence-electron chi connectivity index (χ4n) is 1.90. The average molecular weight is 383 g/mol. The van der Waals surface area contributed by atoms with Crippen LogP contribution in [0.15, 0.2) is 47.4 Å². The summed E-state index contributed by atoms with van der Waals surface area (Å²) in [5.74, 6) is -4.05. The van der Waals surface area contributed by atoms with Gasteiger partial charge in [0.15, 0.2) is 24.0 Å². The maximum atomic E-state index is 13.1. The Morgan fingerprint density at radius 2 is 1.69 bits per heavy atom. The lowest BCUT2D eigenvalue weighted by Crippen LogP contribution is -2.31. The summed E-state index contributed by atoms with van der Waals surface area (Å²) in [5.41, 5.74) is 0.705. The van der Waals surface area contributed by atoms with Gasteiger partial charge in [0.1, 0.15) is 6.54 Å². The number of nitrogens with one attached hydrogen (secondary N) is 1. The normalized spacial score (nSPS) is 11.2. The molecule has 2 aromatic rings. The summed E-state index contributed by atoms with van der Waals surface area (Å²) in [6, 6.07) is 8.49. The van der Waals surface area contributed by atoms with Crippen molar-refractivity contribution in [3.63, 3.8) is 0 Å². The van der Waals surface area contributed by atoms with Gasteiger partial charge in [-0.2, -0.15) is 4.72 Å². The SMILES string of the molecule is Cc1ccc(S(=O)(=O)NCC(=O)OCC(=O)c2ccc(F)c(F)c2)cc1. The number of ether oxygens (including phenoxy) is 1. The van der Waals surface area contributed by atoms with Gasteiger partial charge in [-0.15, -0.1) is 0 Å². The highest BCUT2D eigenvalue weighted by Crippen LogP contribution is 2.10. The monoisotopic (exact) mass is 383 g/mol. The van der Waals surface area contributed by atoms with Gasteiger partial charge in [0.25, 0.3) is 0 Å². The number of ketones is 1. The summed E-state index contributed by atoms with van der Waals surface area (Å²) < 4.78 is 56.6. The van der Waals surface area contributed by atoms with Crippen molar-refractivity contribution < 1.29 is 31.5 Å². The average Bonchev–Trinajstić information content (AvgIpc) is 2.60. The molecule has 2 aromatic carbocycles. The molecule has 1 N–H and O–H groups in total. The lowest BCUT2D eigenvalue weighted by atomic mass is 10.1. The molecule has 138 valence electrons. The Morgan fingerprint density at radius 3 is 2.31 bits per heavy atom. The number of sulfonamides is 1. The first-order chi connectivity index (χ1) is 12.2. The first kappa shape index (κ1) is 19.7. The number of rotatable bonds is 7. The zero-order valence-electron chi connectivity index (χ0n) is 13.7. The third-order valence-electron chi connectivity index (χ3n) is 3.34. The molecule has 0 saturated heterocycles. The molecule has 0 radical (unpaired) electrons. The zero-order chi connectivity index (χ0) is 19.3. The molecule has 6 nitrogen and oxygen atoms in total. The van der Waals surface area contributed by atoms with Gasteiger partial charge in [-0.25, -0.2) is 17.2 Å². The first-order valence-electron chi connectivity index (χ1n) is 7.39. The molecule has 0 unspecified atom stereocenters. The molecule has 0 fully saturated rings. The largest absolute Gasteiger partial charge is 0.456 e. The topological polar surface area (TPSA) is 89.5 Å². The minimum atomic E-state index is -3.90. The van der Waals surface area contributed by atoms with E-state index >= 15 is 0 Å². The van der Waals surface area contributed by atoms with Crippen LogP contribution in [0.25, 0.3) is 0 Å². The van der Waals surface area contributed by atoms with Crippen molar-refractivity contribution in [2.24, 2.45) is 0 Å². The van der Waals surface area contributed by atoms with E-state index in [0.29, 0.717) is 6.07 Å². The van der Waals surface area contributed by atoms with E-state index in [2.05, 4.69) is 9.46 Å². The molecule has 0 aromatic heterocycles. The van der Waals surface area contributed by atoms with Crippen molar-refractivity contribution in [3.05, 3.63) is 65.2 Å². The second kappa shape index (κ2) is 8.15. The number of benzene rings is 2. The van der Waals surface area contributed by atoms with Gasteiger partial charge >= 0.3 is 5.97 Å². The summed E-state index contributed by atoms with van der Waals surface area (Å²) in [4.78, 5) is 23.3. The predicted octanol–water partition coefficient (Wildman–Crippen LogP) is 1.98. The summed E-state index contributed by atoms with van der Waals surface area (Å²) in [6.45, 7) is 0.391. The van der Waals surface area contributed by atoms with Crippen molar-refractivity contribution in [2.75, 3.05) is 13.2 Å².